The highest BCUT2D eigenvalue weighted by Crippen LogP contribution is 2.17. The predicted molar refractivity (Wildman–Crippen MR) is 128 cm³/mol. The standard InChI is InChI=1S/C22H36N4O.HI/c1-4-23-22(25-18(2)13-14-20-11-6-5-7-12-20)24-16-15-21(27)26-17-9-8-10-19(26)3;/h5-7,11-12,18-19H,4,8-10,13-17H2,1-3H3,(H2,23,24,25);1H. The average Bonchev–Trinajstić information content (AvgIpc) is 2.67. The van der Waals surface area contributed by atoms with E-state index in [1.165, 1.54) is 12.0 Å². The van der Waals surface area contributed by atoms with Gasteiger partial charge in [0.2, 0.25) is 5.91 Å². The Labute approximate surface area is 187 Å². The number of rotatable bonds is 8. The molecule has 1 aromatic carbocycles. The van der Waals surface area contributed by atoms with E-state index in [2.05, 4.69) is 60.7 Å². The zero-order chi connectivity index (χ0) is 19.5. The number of aryl methyl sites for hydroxylation is 1. The SMILES string of the molecule is CCNC(=NCCC(=O)N1CCCCC1C)NC(C)CCc1ccccc1.I. The normalized spacial score (nSPS) is 18.2. The Morgan fingerprint density at radius 3 is 2.71 bits per heavy atom. The van der Waals surface area contributed by atoms with E-state index in [0.717, 1.165) is 44.7 Å². The van der Waals surface area contributed by atoms with Gasteiger partial charge in [-0.15, -0.1) is 24.0 Å². The van der Waals surface area contributed by atoms with Crippen molar-refractivity contribution in [2.45, 2.75) is 71.4 Å². The molecule has 1 amide bonds. The molecule has 6 heteroatoms. The molecule has 1 aromatic rings. The third kappa shape index (κ3) is 8.80. The van der Waals surface area contributed by atoms with Crippen LogP contribution in [0.4, 0.5) is 0 Å². The number of piperidine rings is 1. The van der Waals surface area contributed by atoms with Gasteiger partial charge >= 0.3 is 0 Å². The molecule has 158 valence electrons. The fraction of sp³-hybridized carbons (Fsp3) is 0.636. The van der Waals surface area contributed by atoms with Crippen LogP contribution < -0.4 is 10.6 Å². The number of aliphatic imine (C=N–C) groups is 1. The summed E-state index contributed by atoms with van der Waals surface area (Å²) in [6.07, 6.45) is 6.05. The zero-order valence-electron chi connectivity index (χ0n) is 17.6. The van der Waals surface area contributed by atoms with Gasteiger partial charge in [0.15, 0.2) is 5.96 Å². The van der Waals surface area contributed by atoms with Gasteiger partial charge in [-0.25, -0.2) is 0 Å². The molecule has 1 fully saturated rings. The maximum atomic E-state index is 12.4. The summed E-state index contributed by atoms with van der Waals surface area (Å²) in [4.78, 5) is 19.1. The lowest BCUT2D eigenvalue weighted by Gasteiger charge is -2.33. The van der Waals surface area contributed by atoms with Gasteiger partial charge in [-0.05, 0) is 58.4 Å². The number of amides is 1. The maximum Gasteiger partial charge on any atom is 0.224 e. The van der Waals surface area contributed by atoms with Crippen LogP contribution in [0.25, 0.3) is 0 Å². The molecule has 1 saturated heterocycles. The average molecular weight is 500 g/mol. The van der Waals surface area contributed by atoms with E-state index in [1.54, 1.807) is 0 Å². The van der Waals surface area contributed by atoms with E-state index in [1.807, 2.05) is 11.0 Å². The van der Waals surface area contributed by atoms with E-state index in [-0.39, 0.29) is 29.9 Å². The Morgan fingerprint density at radius 2 is 2.04 bits per heavy atom. The van der Waals surface area contributed by atoms with Crippen LogP contribution in [0, 0.1) is 0 Å². The first-order chi connectivity index (χ1) is 13.1. The van der Waals surface area contributed by atoms with Crippen LogP contribution in [-0.4, -0.2) is 48.5 Å². The van der Waals surface area contributed by atoms with Gasteiger partial charge in [0.25, 0.3) is 0 Å². The highest BCUT2D eigenvalue weighted by atomic mass is 127. The Bertz CT molecular complexity index is 593. The first-order valence-corrected chi connectivity index (χ1v) is 10.5. The number of likely N-dealkylation sites (tertiary alicyclic amines) is 1. The number of halogens is 1. The monoisotopic (exact) mass is 500 g/mol. The molecule has 0 aliphatic carbocycles. The summed E-state index contributed by atoms with van der Waals surface area (Å²) in [6, 6.07) is 11.2. The third-order valence-corrected chi connectivity index (χ3v) is 5.16. The third-order valence-electron chi connectivity index (χ3n) is 5.16. The van der Waals surface area contributed by atoms with Crippen molar-refractivity contribution in [3.8, 4) is 0 Å². The van der Waals surface area contributed by atoms with Crippen LogP contribution in [-0.2, 0) is 11.2 Å². The van der Waals surface area contributed by atoms with Crippen LogP contribution in [0.2, 0.25) is 0 Å². The van der Waals surface area contributed by atoms with Gasteiger partial charge in [0.05, 0.1) is 6.54 Å². The Balaban J connectivity index is 0.00000392. The highest BCUT2D eigenvalue weighted by molar-refractivity contribution is 14.0. The van der Waals surface area contributed by atoms with E-state index in [9.17, 15) is 4.79 Å². The second-order valence-electron chi connectivity index (χ2n) is 7.51. The fourth-order valence-corrected chi connectivity index (χ4v) is 3.53. The van der Waals surface area contributed by atoms with Gasteiger partial charge in [0.1, 0.15) is 0 Å². The molecule has 5 nitrogen and oxygen atoms in total. The largest absolute Gasteiger partial charge is 0.357 e. The number of carbonyl (C=O) groups excluding carboxylic acids is 1. The zero-order valence-corrected chi connectivity index (χ0v) is 19.9. The van der Waals surface area contributed by atoms with Gasteiger partial charge in [-0.2, -0.15) is 0 Å². The molecule has 28 heavy (non-hydrogen) atoms. The smallest absolute Gasteiger partial charge is 0.224 e. The number of hydrogen-bond acceptors (Lipinski definition) is 2. The molecule has 0 saturated carbocycles. The number of hydrogen-bond donors (Lipinski definition) is 2. The van der Waals surface area contributed by atoms with Gasteiger partial charge in [0, 0.05) is 31.6 Å². The quantitative estimate of drug-likeness (QED) is 0.323. The molecule has 1 aliphatic rings. The summed E-state index contributed by atoms with van der Waals surface area (Å²) in [5, 5.41) is 6.75. The summed E-state index contributed by atoms with van der Waals surface area (Å²) in [6.45, 7) is 8.64. The van der Waals surface area contributed by atoms with Gasteiger partial charge in [-0.1, -0.05) is 30.3 Å². The molecule has 1 heterocycles. The molecule has 2 atom stereocenters. The molecule has 2 rings (SSSR count). The van der Waals surface area contributed by atoms with E-state index >= 15 is 0 Å². The molecule has 2 unspecified atom stereocenters. The number of nitrogens with one attached hydrogen (secondary N) is 2. The van der Waals surface area contributed by atoms with E-state index in [4.69, 9.17) is 0 Å². The fourth-order valence-electron chi connectivity index (χ4n) is 3.53. The van der Waals surface area contributed by atoms with Crippen LogP contribution in [0.5, 0.6) is 0 Å². The molecule has 0 radical (unpaired) electrons. The van der Waals surface area contributed by atoms with Crippen LogP contribution >= 0.6 is 24.0 Å². The molecule has 0 spiro atoms. The number of benzene rings is 1. The van der Waals surface area contributed by atoms with Crippen molar-refractivity contribution in [1.82, 2.24) is 15.5 Å². The van der Waals surface area contributed by atoms with Crippen molar-refractivity contribution >= 4 is 35.8 Å². The van der Waals surface area contributed by atoms with Crippen molar-refractivity contribution < 1.29 is 4.79 Å². The molecular formula is C22H37IN4O. The summed E-state index contributed by atoms with van der Waals surface area (Å²) in [7, 11) is 0. The summed E-state index contributed by atoms with van der Waals surface area (Å²) in [5.74, 6) is 1.04. The lowest BCUT2D eigenvalue weighted by Crippen LogP contribution is -2.43. The van der Waals surface area contributed by atoms with Crippen molar-refractivity contribution in [2.75, 3.05) is 19.6 Å². The summed E-state index contributed by atoms with van der Waals surface area (Å²) in [5.41, 5.74) is 1.36. The maximum absolute atomic E-state index is 12.4. The van der Waals surface area contributed by atoms with Gasteiger partial charge in [-0.3, -0.25) is 9.79 Å². The molecular weight excluding hydrogens is 463 g/mol. The van der Waals surface area contributed by atoms with E-state index in [0.29, 0.717) is 25.0 Å². The topological polar surface area (TPSA) is 56.7 Å². The highest BCUT2D eigenvalue weighted by Gasteiger charge is 2.22. The Morgan fingerprint density at radius 1 is 1.29 bits per heavy atom. The first-order valence-electron chi connectivity index (χ1n) is 10.5. The minimum atomic E-state index is 0. The lowest BCUT2D eigenvalue weighted by molar-refractivity contribution is -0.134. The van der Waals surface area contributed by atoms with Crippen molar-refractivity contribution in [2.24, 2.45) is 4.99 Å². The summed E-state index contributed by atoms with van der Waals surface area (Å²) < 4.78 is 0. The first kappa shape index (κ1) is 24.7. The number of nitrogens with zero attached hydrogens (tertiary/aromatic N) is 2. The second kappa shape index (κ2) is 13.8. The minimum absolute atomic E-state index is 0. The summed E-state index contributed by atoms with van der Waals surface area (Å²) >= 11 is 0. The van der Waals surface area contributed by atoms with Crippen LogP contribution in [0.3, 0.4) is 0 Å². The minimum Gasteiger partial charge on any atom is -0.357 e. The van der Waals surface area contributed by atoms with Crippen LogP contribution in [0.15, 0.2) is 35.3 Å². The van der Waals surface area contributed by atoms with Gasteiger partial charge < -0.3 is 15.5 Å². The lowest BCUT2D eigenvalue weighted by atomic mass is 10.0. The molecule has 0 bridgehead atoms. The molecule has 1 aliphatic heterocycles. The Hall–Kier alpha value is -1.31. The van der Waals surface area contributed by atoms with Crippen molar-refractivity contribution in [1.29, 1.82) is 0 Å². The predicted octanol–water partition coefficient (Wildman–Crippen LogP) is 3.97. The molecule has 2 N–H and O–H groups in total. The number of carbonyl (C=O) groups is 1. The van der Waals surface area contributed by atoms with E-state index < -0.39 is 0 Å². The number of guanidine groups is 1. The Kier molecular flexibility index (Phi) is 12.2. The van der Waals surface area contributed by atoms with Crippen molar-refractivity contribution in [3.63, 3.8) is 0 Å². The van der Waals surface area contributed by atoms with Crippen molar-refractivity contribution in [3.05, 3.63) is 35.9 Å². The second-order valence-corrected chi connectivity index (χ2v) is 7.51. The molecule has 0 aromatic heterocycles. The van der Waals surface area contributed by atoms with Crippen LogP contribution in [0.1, 0.15) is 58.4 Å².